The second-order valence-corrected chi connectivity index (χ2v) is 6.52. The summed E-state index contributed by atoms with van der Waals surface area (Å²) in [6, 6.07) is 8.79. The van der Waals surface area contributed by atoms with Gasteiger partial charge in [-0.1, -0.05) is 35.0 Å². The molecule has 1 aromatic carbocycles. The smallest absolute Gasteiger partial charge is 0.274 e. The van der Waals surface area contributed by atoms with Crippen molar-refractivity contribution in [3.05, 3.63) is 41.6 Å². The van der Waals surface area contributed by atoms with Gasteiger partial charge in [0.1, 0.15) is 6.04 Å². The lowest BCUT2D eigenvalue weighted by molar-refractivity contribution is -0.133. The zero-order valence-electron chi connectivity index (χ0n) is 14.6. The summed E-state index contributed by atoms with van der Waals surface area (Å²) < 4.78 is 5.26. The summed E-state index contributed by atoms with van der Waals surface area (Å²) in [7, 11) is 0. The highest BCUT2D eigenvalue weighted by molar-refractivity contribution is 5.96. The van der Waals surface area contributed by atoms with Crippen molar-refractivity contribution in [2.75, 3.05) is 13.1 Å². The van der Waals surface area contributed by atoms with E-state index in [9.17, 15) is 9.59 Å². The molecule has 0 spiro atoms. The maximum atomic E-state index is 12.4. The number of carbonyl (C=O) groups is 2. The first-order valence-electron chi connectivity index (χ1n) is 8.68. The molecule has 1 N–H and O–H groups in total. The SMILES string of the molecule is Cc1ccc(-c2cc(C(=O)NC(C)C(=O)N3CCCCC3)no2)cc1. The molecule has 0 saturated carbocycles. The maximum absolute atomic E-state index is 12.4. The van der Waals surface area contributed by atoms with Crippen LogP contribution in [0.4, 0.5) is 0 Å². The number of amides is 2. The number of nitrogens with one attached hydrogen (secondary N) is 1. The van der Waals surface area contributed by atoms with E-state index >= 15 is 0 Å². The molecule has 6 nitrogen and oxygen atoms in total. The Morgan fingerprint density at radius 2 is 1.84 bits per heavy atom. The van der Waals surface area contributed by atoms with Gasteiger partial charge in [0.15, 0.2) is 11.5 Å². The van der Waals surface area contributed by atoms with Crippen molar-refractivity contribution in [3.8, 4) is 11.3 Å². The van der Waals surface area contributed by atoms with Gasteiger partial charge in [-0.05, 0) is 33.1 Å². The topological polar surface area (TPSA) is 75.4 Å². The Hall–Kier alpha value is -2.63. The molecule has 6 heteroatoms. The standard InChI is InChI=1S/C19H23N3O3/c1-13-6-8-15(9-7-13)17-12-16(21-25-17)18(23)20-14(2)19(24)22-10-4-3-5-11-22/h6-9,12,14H,3-5,10-11H2,1-2H3,(H,20,23). The second-order valence-electron chi connectivity index (χ2n) is 6.52. The molecule has 0 bridgehead atoms. The van der Waals surface area contributed by atoms with E-state index in [2.05, 4.69) is 10.5 Å². The van der Waals surface area contributed by atoms with Gasteiger partial charge in [0.2, 0.25) is 5.91 Å². The van der Waals surface area contributed by atoms with E-state index in [4.69, 9.17) is 4.52 Å². The lowest BCUT2D eigenvalue weighted by Crippen LogP contribution is -2.48. The molecule has 2 amide bonds. The van der Waals surface area contributed by atoms with Crippen LogP contribution in [0.5, 0.6) is 0 Å². The monoisotopic (exact) mass is 341 g/mol. The third kappa shape index (κ3) is 4.07. The van der Waals surface area contributed by atoms with Gasteiger partial charge in [0.05, 0.1) is 0 Å². The average Bonchev–Trinajstić information content (AvgIpc) is 3.12. The summed E-state index contributed by atoms with van der Waals surface area (Å²) in [5, 5.41) is 6.54. The molecule has 3 rings (SSSR count). The van der Waals surface area contributed by atoms with Gasteiger partial charge in [-0.15, -0.1) is 0 Å². The third-order valence-corrected chi connectivity index (χ3v) is 4.46. The number of hydrogen-bond acceptors (Lipinski definition) is 4. The van der Waals surface area contributed by atoms with Gasteiger partial charge in [0.25, 0.3) is 5.91 Å². The highest BCUT2D eigenvalue weighted by Gasteiger charge is 2.24. The largest absolute Gasteiger partial charge is 0.355 e. The lowest BCUT2D eigenvalue weighted by atomic mass is 10.1. The van der Waals surface area contributed by atoms with Gasteiger partial charge in [-0.25, -0.2) is 0 Å². The van der Waals surface area contributed by atoms with Crippen molar-refractivity contribution >= 4 is 11.8 Å². The van der Waals surface area contributed by atoms with Crippen molar-refractivity contribution in [2.24, 2.45) is 0 Å². The summed E-state index contributed by atoms with van der Waals surface area (Å²) >= 11 is 0. The molecule has 2 aromatic rings. The molecule has 1 aromatic heterocycles. The number of nitrogens with zero attached hydrogens (tertiary/aromatic N) is 2. The first kappa shape index (κ1) is 17.2. The maximum Gasteiger partial charge on any atom is 0.274 e. The highest BCUT2D eigenvalue weighted by atomic mass is 16.5. The van der Waals surface area contributed by atoms with E-state index in [0.717, 1.165) is 43.5 Å². The van der Waals surface area contributed by atoms with E-state index in [1.54, 1.807) is 13.0 Å². The normalized spacial score (nSPS) is 15.7. The zero-order valence-corrected chi connectivity index (χ0v) is 14.6. The minimum Gasteiger partial charge on any atom is -0.355 e. The number of hydrogen-bond donors (Lipinski definition) is 1. The zero-order chi connectivity index (χ0) is 17.8. The van der Waals surface area contributed by atoms with Crippen LogP contribution >= 0.6 is 0 Å². The quantitative estimate of drug-likeness (QED) is 0.928. The van der Waals surface area contributed by atoms with Gasteiger partial charge in [-0.3, -0.25) is 9.59 Å². The van der Waals surface area contributed by atoms with Crippen LogP contribution in [0.15, 0.2) is 34.9 Å². The average molecular weight is 341 g/mol. The molecular weight excluding hydrogens is 318 g/mol. The Kier molecular flexibility index (Phi) is 5.16. The Labute approximate surface area is 147 Å². The van der Waals surface area contributed by atoms with Crippen LogP contribution in [-0.2, 0) is 4.79 Å². The summed E-state index contributed by atoms with van der Waals surface area (Å²) in [5.74, 6) is 0.0791. The molecule has 25 heavy (non-hydrogen) atoms. The van der Waals surface area contributed by atoms with Crippen LogP contribution in [0.2, 0.25) is 0 Å². The molecule has 1 atom stereocenters. The van der Waals surface area contributed by atoms with Crippen LogP contribution in [0, 0.1) is 6.92 Å². The van der Waals surface area contributed by atoms with E-state index in [1.807, 2.05) is 36.1 Å². The van der Waals surface area contributed by atoms with Crippen molar-refractivity contribution in [3.63, 3.8) is 0 Å². The van der Waals surface area contributed by atoms with Crippen LogP contribution in [0.3, 0.4) is 0 Å². The Morgan fingerprint density at radius 1 is 1.16 bits per heavy atom. The van der Waals surface area contributed by atoms with E-state index in [0.29, 0.717) is 5.76 Å². The van der Waals surface area contributed by atoms with Crippen molar-refractivity contribution in [1.29, 1.82) is 0 Å². The predicted molar refractivity (Wildman–Crippen MR) is 94.0 cm³/mol. The molecule has 0 radical (unpaired) electrons. The molecule has 2 heterocycles. The second kappa shape index (κ2) is 7.51. The van der Waals surface area contributed by atoms with Crippen LogP contribution in [0.1, 0.15) is 42.2 Å². The summed E-state index contributed by atoms with van der Waals surface area (Å²) in [4.78, 5) is 26.5. The first-order valence-corrected chi connectivity index (χ1v) is 8.68. The van der Waals surface area contributed by atoms with Crippen LogP contribution in [-0.4, -0.2) is 41.0 Å². The Bertz CT molecular complexity index is 746. The van der Waals surface area contributed by atoms with E-state index < -0.39 is 11.9 Å². The minimum atomic E-state index is -0.579. The molecular formula is C19H23N3O3. The van der Waals surface area contributed by atoms with Gasteiger partial charge < -0.3 is 14.7 Å². The number of rotatable bonds is 4. The highest BCUT2D eigenvalue weighted by Crippen LogP contribution is 2.20. The van der Waals surface area contributed by atoms with Crippen molar-refractivity contribution in [1.82, 2.24) is 15.4 Å². The number of piperidine rings is 1. The summed E-state index contributed by atoms with van der Waals surface area (Å²) in [5.41, 5.74) is 2.18. The first-order chi connectivity index (χ1) is 12.0. The van der Waals surface area contributed by atoms with Gasteiger partial charge in [-0.2, -0.15) is 0 Å². The number of aromatic nitrogens is 1. The van der Waals surface area contributed by atoms with Crippen molar-refractivity contribution in [2.45, 2.75) is 39.2 Å². The Balaban J connectivity index is 1.63. The minimum absolute atomic E-state index is 0.0460. The van der Waals surface area contributed by atoms with E-state index in [-0.39, 0.29) is 11.6 Å². The summed E-state index contributed by atoms with van der Waals surface area (Å²) in [6.07, 6.45) is 3.20. The molecule has 1 aliphatic rings. The number of carbonyl (C=O) groups excluding carboxylic acids is 2. The van der Waals surface area contributed by atoms with Gasteiger partial charge >= 0.3 is 0 Å². The molecule has 1 aliphatic heterocycles. The summed E-state index contributed by atoms with van der Waals surface area (Å²) in [6.45, 7) is 5.24. The number of aryl methyl sites for hydroxylation is 1. The van der Waals surface area contributed by atoms with Crippen LogP contribution < -0.4 is 5.32 Å². The fourth-order valence-electron chi connectivity index (χ4n) is 2.96. The van der Waals surface area contributed by atoms with Crippen molar-refractivity contribution < 1.29 is 14.1 Å². The van der Waals surface area contributed by atoms with Gasteiger partial charge in [0, 0.05) is 24.7 Å². The number of benzene rings is 1. The fourth-order valence-corrected chi connectivity index (χ4v) is 2.96. The molecule has 0 aliphatic carbocycles. The molecule has 132 valence electrons. The number of likely N-dealkylation sites (tertiary alicyclic amines) is 1. The Morgan fingerprint density at radius 3 is 2.52 bits per heavy atom. The predicted octanol–water partition coefficient (Wildman–Crippen LogP) is 2.78. The third-order valence-electron chi connectivity index (χ3n) is 4.46. The fraction of sp³-hybridized carbons (Fsp3) is 0.421. The van der Waals surface area contributed by atoms with E-state index in [1.165, 1.54) is 0 Å². The van der Waals surface area contributed by atoms with Crippen LogP contribution in [0.25, 0.3) is 11.3 Å². The lowest BCUT2D eigenvalue weighted by Gasteiger charge is -2.29. The molecule has 1 fully saturated rings. The molecule has 1 saturated heterocycles. The molecule has 1 unspecified atom stereocenters.